The van der Waals surface area contributed by atoms with Gasteiger partial charge in [0.1, 0.15) is 6.29 Å². The third kappa shape index (κ3) is 4.87. The molecule has 0 unspecified atom stereocenters. The molecule has 4 rings (SSSR count). The van der Waals surface area contributed by atoms with E-state index in [1.54, 1.807) is 0 Å². The number of piperidine rings is 1. The first-order valence-electron chi connectivity index (χ1n) is 11.7. The molecule has 1 aliphatic carbocycles. The summed E-state index contributed by atoms with van der Waals surface area (Å²) in [6, 6.07) is 6.25. The Kier molecular flexibility index (Phi) is 6.35. The van der Waals surface area contributed by atoms with Gasteiger partial charge >= 0.3 is 0 Å². The average Bonchev–Trinajstić information content (AvgIpc) is 3.30. The molecule has 1 saturated heterocycles. The maximum absolute atomic E-state index is 12.5. The lowest BCUT2D eigenvalue weighted by Crippen LogP contribution is -2.38. The van der Waals surface area contributed by atoms with Crippen molar-refractivity contribution in [2.24, 2.45) is 5.41 Å². The van der Waals surface area contributed by atoms with Gasteiger partial charge in [-0.05, 0) is 56.6 Å². The second kappa shape index (κ2) is 9.04. The molecule has 2 aromatic rings. The normalized spacial score (nSPS) is 18.1. The minimum atomic E-state index is 0.184. The van der Waals surface area contributed by atoms with E-state index in [0.717, 1.165) is 49.0 Å². The number of nitrogens with zero attached hydrogens (tertiary/aromatic N) is 4. The van der Waals surface area contributed by atoms with Crippen molar-refractivity contribution in [1.82, 2.24) is 15.0 Å². The molecule has 2 fully saturated rings. The van der Waals surface area contributed by atoms with Crippen molar-refractivity contribution in [3.8, 4) is 11.4 Å². The van der Waals surface area contributed by atoms with E-state index in [9.17, 15) is 9.59 Å². The summed E-state index contributed by atoms with van der Waals surface area (Å²) >= 11 is 0. The number of hydrogen-bond donors (Lipinski definition) is 0. The Bertz CT molecular complexity index is 971. The molecule has 1 amide bonds. The number of rotatable bonds is 8. The fourth-order valence-corrected chi connectivity index (χ4v) is 4.33. The Morgan fingerprint density at radius 3 is 2.66 bits per heavy atom. The van der Waals surface area contributed by atoms with Crippen molar-refractivity contribution < 1.29 is 14.1 Å². The summed E-state index contributed by atoms with van der Waals surface area (Å²) in [6.07, 6.45) is 6.03. The second-order valence-electron chi connectivity index (χ2n) is 10.0. The Labute approximate surface area is 190 Å². The lowest BCUT2D eigenvalue weighted by Gasteiger charge is -2.31. The van der Waals surface area contributed by atoms with Gasteiger partial charge in [-0.1, -0.05) is 24.2 Å². The fourth-order valence-electron chi connectivity index (χ4n) is 4.33. The van der Waals surface area contributed by atoms with Crippen molar-refractivity contribution in [1.29, 1.82) is 0 Å². The number of aldehydes is 1. The number of aromatic nitrogens is 2. The van der Waals surface area contributed by atoms with Crippen LogP contribution in [0.3, 0.4) is 0 Å². The highest BCUT2D eigenvalue weighted by Crippen LogP contribution is 2.48. The van der Waals surface area contributed by atoms with Gasteiger partial charge < -0.3 is 19.1 Å². The standard InChI is InChI=1S/C25H34N4O3/c1-17(2)28(4)21-15-20(6-5-18(21)9-14-30)23-26-24(32-27-23)19-7-12-29(13-8-19)22(31)16-25(3)10-11-25/h5-6,14-15,17,19H,7-13,16H2,1-4H3. The molecule has 7 nitrogen and oxygen atoms in total. The molecule has 0 N–H and O–H groups in total. The predicted molar refractivity (Wildman–Crippen MR) is 124 cm³/mol. The molecule has 1 aromatic carbocycles. The first kappa shape index (κ1) is 22.5. The summed E-state index contributed by atoms with van der Waals surface area (Å²) in [6.45, 7) is 7.94. The van der Waals surface area contributed by atoms with Crippen LogP contribution >= 0.6 is 0 Å². The monoisotopic (exact) mass is 438 g/mol. The highest BCUT2D eigenvalue weighted by atomic mass is 16.5. The average molecular weight is 439 g/mol. The van der Waals surface area contributed by atoms with Gasteiger partial charge in [0, 0.05) is 56.2 Å². The number of benzene rings is 1. The van der Waals surface area contributed by atoms with Crippen molar-refractivity contribution in [2.45, 2.75) is 71.3 Å². The van der Waals surface area contributed by atoms with E-state index in [1.807, 2.05) is 30.1 Å². The van der Waals surface area contributed by atoms with E-state index in [4.69, 9.17) is 9.51 Å². The molecular formula is C25H34N4O3. The molecule has 0 bridgehead atoms. The van der Waals surface area contributed by atoms with Crippen LogP contribution < -0.4 is 4.90 Å². The quantitative estimate of drug-likeness (QED) is 0.574. The smallest absolute Gasteiger partial charge is 0.230 e. The van der Waals surface area contributed by atoms with E-state index in [2.05, 4.69) is 30.8 Å². The third-order valence-electron chi connectivity index (χ3n) is 7.12. The van der Waals surface area contributed by atoms with Crippen molar-refractivity contribution >= 4 is 17.9 Å². The van der Waals surface area contributed by atoms with Crippen LogP contribution in [0.2, 0.25) is 0 Å². The van der Waals surface area contributed by atoms with Crippen LogP contribution in [0.4, 0.5) is 5.69 Å². The molecular weight excluding hydrogens is 404 g/mol. The molecule has 1 aromatic heterocycles. The SMILES string of the molecule is CC(C)N(C)c1cc(-c2noc(C3CCN(C(=O)CC4(C)CC4)CC3)n2)ccc1CC=O. The zero-order chi connectivity index (χ0) is 22.9. The lowest BCUT2D eigenvalue weighted by atomic mass is 9.95. The van der Waals surface area contributed by atoms with Gasteiger partial charge in [0.15, 0.2) is 0 Å². The summed E-state index contributed by atoms with van der Waals surface area (Å²) in [5.74, 6) is 1.68. The van der Waals surface area contributed by atoms with Crippen LogP contribution in [0.1, 0.15) is 70.2 Å². The van der Waals surface area contributed by atoms with E-state index < -0.39 is 0 Å². The number of anilines is 1. The number of carbonyl (C=O) groups excluding carboxylic acids is 2. The highest BCUT2D eigenvalue weighted by molar-refractivity contribution is 5.77. The van der Waals surface area contributed by atoms with Gasteiger partial charge in [-0.2, -0.15) is 4.98 Å². The zero-order valence-corrected chi connectivity index (χ0v) is 19.6. The molecule has 172 valence electrons. The van der Waals surface area contributed by atoms with Gasteiger partial charge in [0.2, 0.25) is 17.6 Å². The van der Waals surface area contributed by atoms with Crippen molar-refractivity contribution in [3.63, 3.8) is 0 Å². The maximum Gasteiger partial charge on any atom is 0.230 e. The molecule has 2 heterocycles. The predicted octanol–water partition coefficient (Wildman–Crippen LogP) is 4.22. The topological polar surface area (TPSA) is 79.5 Å². The number of hydrogen-bond acceptors (Lipinski definition) is 6. The molecule has 0 spiro atoms. The summed E-state index contributed by atoms with van der Waals surface area (Å²) in [5.41, 5.74) is 3.12. The molecule has 2 aliphatic rings. The fraction of sp³-hybridized carbons (Fsp3) is 0.600. The molecule has 0 radical (unpaired) electrons. The van der Waals surface area contributed by atoms with Crippen LogP contribution in [0.5, 0.6) is 0 Å². The van der Waals surface area contributed by atoms with Crippen molar-refractivity contribution in [3.05, 3.63) is 29.7 Å². The maximum atomic E-state index is 12.5. The number of carbonyl (C=O) groups is 2. The molecule has 1 aliphatic heterocycles. The third-order valence-corrected chi connectivity index (χ3v) is 7.12. The van der Waals surface area contributed by atoms with Gasteiger partial charge in [-0.3, -0.25) is 4.79 Å². The van der Waals surface area contributed by atoms with Crippen LogP contribution in [0.25, 0.3) is 11.4 Å². The summed E-state index contributed by atoms with van der Waals surface area (Å²) in [4.78, 5) is 32.5. The van der Waals surface area contributed by atoms with Crippen LogP contribution in [-0.2, 0) is 16.0 Å². The molecule has 0 atom stereocenters. The largest absolute Gasteiger partial charge is 0.372 e. The van der Waals surface area contributed by atoms with Gasteiger partial charge in [-0.15, -0.1) is 0 Å². The number of likely N-dealkylation sites (tertiary alicyclic amines) is 1. The van der Waals surface area contributed by atoms with Crippen LogP contribution in [0, 0.1) is 5.41 Å². The van der Waals surface area contributed by atoms with E-state index in [-0.39, 0.29) is 17.2 Å². The lowest BCUT2D eigenvalue weighted by molar-refractivity contribution is -0.133. The Morgan fingerprint density at radius 2 is 2.03 bits per heavy atom. The first-order valence-corrected chi connectivity index (χ1v) is 11.7. The van der Waals surface area contributed by atoms with Crippen LogP contribution in [0.15, 0.2) is 22.7 Å². The second-order valence-corrected chi connectivity index (χ2v) is 10.0. The minimum Gasteiger partial charge on any atom is -0.372 e. The summed E-state index contributed by atoms with van der Waals surface area (Å²) in [5, 5.41) is 4.24. The molecule has 1 saturated carbocycles. The summed E-state index contributed by atoms with van der Waals surface area (Å²) in [7, 11) is 2.03. The minimum absolute atomic E-state index is 0.184. The van der Waals surface area contributed by atoms with Gasteiger partial charge in [0.05, 0.1) is 0 Å². The van der Waals surface area contributed by atoms with E-state index in [1.165, 1.54) is 12.8 Å². The summed E-state index contributed by atoms with van der Waals surface area (Å²) < 4.78 is 5.64. The Morgan fingerprint density at radius 1 is 1.31 bits per heavy atom. The van der Waals surface area contributed by atoms with Gasteiger partial charge in [0.25, 0.3) is 0 Å². The van der Waals surface area contributed by atoms with E-state index in [0.29, 0.717) is 30.6 Å². The van der Waals surface area contributed by atoms with Gasteiger partial charge in [-0.25, -0.2) is 0 Å². The van der Waals surface area contributed by atoms with Crippen LogP contribution in [-0.4, -0.2) is 53.4 Å². The Hall–Kier alpha value is -2.70. The highest BCUT2D eigenvalue weighted by Gasteiger charge is 2.40. The zero-order valence-electron chi connectivity index (χ0n) is 19.6. The van der Waals surface area contributed by atoms with E-state index >= 15 is 0 Å². The molecule has 32 heavy (non-hydrogen) atoms. The van der Waals surface area contributed by atoms with Crippen molar-refractivity contribution in [2.75, 3.05) is 25.0 Å². The number of amides is 1. The first-order chi connectivity index (χ1) is 15.3. The molecule has 7 heteroatoms. The Balaban J connectivity index is 1.44.